The van der Waals surface area contributed by atoms with E-state index in [1.165, 1.54) is 0 Å². The summed E-state index contributed by atoms with van der Waals surface area (Å²) in [6.45, 7) is 1.73. The molecular formula is C19H19N5O3. The second kappa shape index (κ2) is 6.46. The number of pyridine rings is 1. The molecule has 0 unspecified atom stereocenters. The van der Waals surface area contributed by atoms with Gasteiger partial charge in [0.2, 0.25) is 0 Å². The van der Waals surface area contributed by atoms with Crippen molar-refractivity contribution in [3.8, 4) is 5.69 Å². The molecule has 0 aliphatic heterocycles. The van der Waals surface area contributed by atoms with Gasteiger partial charge in [-0.2, -0.15) is 0 Å². The van der Waals surface area contributed by atoms with Crippen molar-refractivity contribution in [1.82, 2.24) is 25.3 Å². The van der Waals surface area contributed by atoms with Crippen LogP contribution in [0, 0.1) is 6.92 Å². The minimum Gasteiger partial charge on any atom is -0.480 e. The molecule has 1 aliphatic rings. The van der Waals surface area contributed by atoms with E-state index in [0.29, 0.717) is 24.2 Å². The second-order valence-corrected chi connectivity index (χ2v) is 6.84. The molecule has 3 aromatic rings. The number of rotatable bonds is 4. The number of hydrogen-bond acceptors (Lipinski definition) is 5. The van der Waals surface area contributed by atoms with E-state index in [2.05, 4.69) is 20.6 Å². The smallest absolute Gasteiger partial charge is 0.329 e. The molecule has 2 aromatic heterocycles. The molecule has 4 rings (SSSR count). The van der Waals surface area contributed by atoms with Crippen LogP contribution >= 0.6 is 0 Å². The summed E-state index contributed by atoms with van der Waals surface area (Å²) in [5.74, 6) is -1.52. The number of fused-ring (bicyclic) bond motifs is 1. The third-order valence-electron chi connectivity index (χ3n) is 5.17. The molecule has 0 saturated heterocycles. The highest BCUT2D eigenvalue weighted by Crippen LogP contribution is 2.30. The monoisotopic (exact) mass is 365 g/mol. The van der Waals surface area contributed by atoms with Crippen LogP contribution in [0.15, 0.2) is 36.5 Å². The van der Waals surface area contributed by atoms with Gasteiger partial charge in [0.25, 0.3) is 5.91 Å². The summed E-state index contributed by atoms with van der Waals surface area (Å²) in [5.41, 5.74) is 0.900. The lowest BCUT2D eigenvalue weighted by Gasteiger charge is -2.24. The Morgan fingerprint density at radius 3 is 2.67 bits per heavy atom. The molecule has 27 heavy (non-hydrogen) atoms. The molecule has 0 spiro atoms. The van der Waals surface area contributed by atoms with E-state index < -0.39 is 17.4 Å². The van der Waals surface area contributed by atoms with Crippen molar-refractivity contribution in [3.63, 3.8) is 0 Å². The first-order chi connectivity index (χ1) is 13.0. The molecule has 1 amide bonds. The Morgan fingerprint density at radius 1 is 1.19 bits per heavy atom. The number of nitrogens with zero attached hydrogens (tertiary/aromatic N) is 4. The van der Waals surface area contributed by atoms with Crippen LogP contribution in [0.1, 0.15) is 41.9 Å². The lowest BCUT2D eigenvalue weighted by molar-refractivity contribution is -0.144. The van der Waals surface area contributed by atoms with Gasteiger partial charge in [-0.15, -0.1) is 5.10 Å². The van der Waals surface area contributed by atoms with Gasteiger partial charge >= 0.3 is 5.97 Å². The summed E-state index contributed by atoms with van der Waals surface area (Å²) < 4.78 is 1.56. The van der Waals surface area contributed by atoms with E-state index in [1.54, 1.807) is 17.8 Å². The maximum atomic E-state index is 12.7. The summed E-state index contributed by atoms with van der Waals surface area (Å²) in [4.78, 5) is 28.8. The van der Waals surface area contributed by atoms with Gasteiger partial charge in [-0.1, -0.05) is 36.3 Å². The molecule has 2 heterocycles. The van der Waals surface area contributed by atoms with Crippen LogP contribution in [0.25, 0.3) is 16.6 Å². The SMILES string of the molecule is Cc1c(C(=O)NC2(C(=O)O)CCCC2)nnn1-c1cccc2cccnc12. The maximum absolute atomic E-state index is 12.7. The van der Waals surface area contributed by atoms with Crippen molar-refractivity contribution >= 4 is 22.8 Å². The van der Waals surface area contributed by atoms with Crippen molar-refractivity contribution in [2.75, 3.05) is 0 Å². The normalized spacial score (nSPS) is 15.7. The van der Waals surface area contributed by atoms with E-state index in [1.807, 2.05) is 30.3 Å². The van der Waals surface area contributed by atoms with Crippen LogP contribution in [-0.4, -0.2) is 42.5 Å². The molecule has 0 atom stereocenters. The average Bonchev–Trinajstić information content (AvgIpc) is 3.29. The van der Waals surface area contributed by atoms with E-state index in [-0.39, 0.29) is 5.69 Å². The molecule has 1 saturated carbocycles. The lowest BCUT2D eigenvalue weighted by atomic mass is 9.97. The number of carbonyl (C=O) groups is 2. The van der Waals surface area contributed by atoms with Crippen molar-refractivity contribution in [2.45, 2.75) is 38.1 Å². The maximum Gasteiger partial charge on any atom is 0.329 e. The average molecular weight is 365 g/mol. The largest absolute Gasteiger partial charge is 0.480 e. The molecule has 0 radical (unpaired) electrons. The van der Waals surface area contributed by atoms with Gasteiger partial charge in [0.1, 0.15) is 5.54 Å². The summed E-state index contributed by atoms with van der Waals surface area (Å²) in [6, 6.07) is 9.49. The summed E-state index contributed by atoms with van der Waals surface area (Å²) in [5, 5.41) is 21.3. The first kappa shape index (κ1) is 17.1. The number of carbonyl (C=O) groups excluding carboxylic acids is 1. The van der Waals surface area contributed by atoms with Crippen molar-refractivity contribution in [3.05, 3.63) is 47.9 Å². The molecule has 1 fully saturated rings. The van der Waals surface area contributed by atoms with Gasteiger partial charge in [-0.25, -0.2) is 9.48 Å². The minimum atomic E-state index is -1.21. The van der Waals surface area contributed by atoms with Crippen molar-refractivity contribution < 1.29 is 14.7 Å². The standard InChI is InChI=1S/C19H19N5O3/c1-12-15(17(25)21-19(18(26)27)9-2-3-10-19)22-23-24(12)14-8-4-6-13-7-5-11-20-16(13)14/h4-8,11H,2-3,9-10H2,1H3,(H,21,25)(H,26,27). The molecule has 1 aromatic carbocycles. The van der Waals surface area contributed by atoms with Gasteiger partial charge in [-0.3, -0.25) is 9.78 Å². The number of aromatic nitrogens is 4. The molecule has 8 nitrogen and oxygen atoms in total. The zero-order valence-electron chi connectivity index (χ0n) is 14.8. The van der Waals surface area contributed by atoms with E-state index in [9.17, 15) is 14.7 Å². The first-order valence-corrected chi connectivity index (χ1v) is 8.84. The third-order valence-corrected chi connectivity index (χ3v) is 5.17. The summed E-state index contributed by atoms with van der Waals surface area (Å²) in [7, 11) is 0. The van der Waals surface area contributed by atoms with Crippen LogP contribution in [0.4, 0.5) is 0 Å². The fraction of sp³-hybridized carbons (Fsp3) is 0.316. The minimum absolute atomic E-state index is 0.121. The Kier molecular flexibility index (Phi) is 4.10. The van der Waals surface area contributed by atoms with Crippen LogP contribution in [0.3, 0.4) is 0 Å². The molecular weight excluding hydrogens is 346 g/mol. The first-order valence-electron chi connectivity index (χ1n) is 8.84. The van der Waals surface area contributed by atoms with Crippen molar-refractivity contribution in [1.29, 1.82) is 0 Å². The van der Waals surface area contributed by atoms with Gasteiger partial charge in [0, 0.05) is 11.6 Å². The molecule has 8 heteroatoms. The Morgan fingerprint density at radius 2 is 1.93 bits per heavy atom. The van der Waals surface area contributed by atoms with E-state index in [0.717, 1.165) is 23.7 Å². The van der Waals surface area contributed by atoms with Crippen molar-refractivity contribution in [2.24, 2.45) is 0 Å². The molecule has 0 bridgehead atoms. The van der Waals surface area contributed by atoms with Gasteiger partial charge in [0.05, 0.1) is 16.9 Å². The highest BCUT2D eigenvalue weighted by atomic mass is 16.4. The zero-order chi connectivity index (χ0) is 19.0. The molecule has 1 aliphatic carbocycles. The fourth-order valence-electron chi connectivity index (χ4n) is 3.67. The van der Waals surface area contributed by atoms with Gasteiger partial charge in [-0.05, 0) is 31.9 Å². The number of carboxylic acids is 1. The number of amides is 1. The van der Waals surface area contributed by atoms with Crippen LogP contribution in [0.2, 0.25) is 0 Å². The van der Waals surface area contributed by atoms with Gasteiger partial charge < -0.3 is 10.4 Å². The van der Waals surface area contributed by atoms with Crippen LogP contribution < -0.4 is 5.32 Å². The number of nitrogens with one attached hydrogen (secondary N) is 1. The Balaban J connectivity index is 1.70. The number of carboxylic acid groups (broad SMARTS) is 1. The Labute approximate surface area is 155 Å². The molecule has 138 valence electrons. The Bertz CT molecular complexity index is 1030. The highest BCUT2D eigenvalue weighted by molar-refractivity contribution is 5.97. The lowest BCUT2D eigenvalue weighted by Crippen LogP contribution is -2.52. The number of hydrogen-bond donors (Lipinski definition) is 2. The summed E-state index contributed by atoms with van der Waals surface area (Å²) in [6.07, 6.45) is 4.10. The number of benzene rings is 1. The van der Waals surface area contributed by atoms with Crippen LogP contribution in [-0.2, 0) is 4.79 Å². The highest BCUT2D eigenvalue weighted by Gasteiger charge is 2.43. The predicted octanol–water partition coefficient (Wildman–Crippen LogP) is 2.25. The second-order valence-electron chi connectivity index (χ2n) is 6.84. The van der Waals surface area contributed by atoms with E-state index >= 15 is 0 Å². The van der Waals surface area contributed by atoms with Gasteiger partial charge in [0.15, 0.2) is 5.69 Å². The summed E-state index contributed by atoms with van der Waals surface area (Å²) >= 11 is 0. The third kappa shape index (κ3) is 2.83. The van der Waals surface area contributed by atoms with Crippen LogP contribution in [0.5, 0.6) is 0 Å². The van der Waals surface area contributed by atoms with E-state index in [4.69, 9.17) is 0 Å². The predicted molar refractivity (Wildman–Crippen MR) is 97.7 cm³/mol. The number of para-hydroxylation sites is 1. The number of aliphatic carboxylic acids is 1. The molecule has 2 N–H and O–H groups in total. The Hall–Kier alpha value is -3.29. The fourth-order valence-corrected chi connectivity index (χ4v) is 3.67. The zero-order valence-corrected chi connectivity index (χ0v) is 14.8. The topological polar surface area (TPSA) is 110 Å². The quantitative estimate of drug-likeness (QED) is 0.734.